The van der Waals surface area contributed by atoms with E-state index in [2.05, 4.69) is 10.6 Å². The molecule has 2 amide bonds. The average Bonchev–Trinajstić information content (AvgIpc) is 2.59. The molecule has 1 radical (unpaired) electrons. The molecule has 0 saturated heterocycles. The number of carbonyl (C=O) groups is 3. The smallest absolute Gasteiger partial charge is 0.407 e. The molecule has 8 nitrogen and oxygen atoms in total. The highest BCUT2D eigenvalue weighted by Crippen LogP contribution is 2.08. The molecule has 1 atom stereocenters. The van der Waals surface area contributed by atoms with Crippen molar-refractivity contribution in [1.82, 2.24) is 10.6 Å². The van der Waals surface area contributed by atoms with Crippen LogP contribution in [0.1, 0.15) is 33.3 Å². The standard InChI is InChI=1S/C20H29N2O6/c1-5-27-18(24)12-21-17(23)11-16(22-19(25)28-20(2,3)4)14-26-13-15-9-7-6-8-10-15/h6-11,16H,5,12-14H2,1-4H3,(H,21,23)(H,22,25). The van der Waals surface area contributed by atoms with E-state index < -0.39 is 29.6 Å². The number of esters is 1. The zero-order valence-corrected chi connectivity index (χ0v) is 16.8. The van der Waals surface area contributed by atoms with Gasteiger partial charge >= 0.3 is 12.1 Å². The van der Waals surface area contributed by atoms with Gasteiger partial charge in [0.1, 0.15) is 12.1 Å². The largest absolute Gasteiger partial charge is 0.465 e. The van der Waals surface area contributed by atoms with Crippen LogP contribution in [0.4, 0.5) is 4.79 Å². The van der Waals surface area contributed by atoms with Crippen molar-refractivity contribution in [2.45, 2.75) is 45.9 Å². The fraction of sp³-hybridized carbons (Fsp3) is 0.500. The molecular formula is C20H29N2O6. The van der Waals surface area contributed by atoms with Gasteiger partial charge in [-0.05, 0) is 33.3 Å². The lowest BCUT2D eigenvalue weighted by molar-refractivity contribution is -0.143. The third-order valence-corrected chi connectivity index (χ3v) is 3.18. The molecule has 0 aromatic heterocycles. The van der Waals surface area contributed by atoms with Gasteiger partial charge in [-0.2, -0.15) is 0 Å². The van der Waals surface area contributed by atoms with Gasteiger partial charge in [-0.3, -0.25) is 9.59 Å². The predicted molar refractivity (Wildman–Crippen MR) is 103 cm³/mol. The molecular weight excluding hydrogens is 364 g/mol. The minimum atomic E-state index is -0.735. The summed E-state index contributed by atoms with van der Waals surface area (Å²) in [4.78, 5) is 35.4. The van der Waals surface area contributed by atoms with E-state index in [1.165, 1.54) is 6.42 Å². The Balaban J connectivity index is 2.56. The summed E-state index contributed by atoms with van der Waals surface area (Å²) in [5.74, 6) is -1.07. The molecule has 1 rings (SSSR count). The van der Waals surface area contributed by atoms with Crippen LogP contribution < -0.4 is 10.6 Å². The van der Waals surface area contributed by atoms with Crippen molar-refractivity contribution in [3.05, 3.63) is 42.3 Å². The van der Waals surface area contributed by atoms with E-state index in [1.54, 1.807) is 27.7 Å². The Bertz CT molecular complexity index is 627. The monoisotopic (exact) mass is 393 g/mol. The second-order valence-corrected chi connectivity index (χ2v) is 6.94. The molecule has 0 aliphatic rings. The molecule has 8 heteroatoms. The van der Waals surface area contributed by atoms with Gasteiger partial charge < -0.3 is 24.8 Å². The molecule has 0 saturated carbocycles. The summed E-state index contributed by atoms with van der Waals surface area (Å²) in [6.07, 6.45) is 0.559. The molecule has 0 heterocycles. The van der Waals surface area contributed by atoms with Crippen LogP contribution in [-0.4, -0.2) is 49.4 Å². The first kappa shape index (κ1) is 23.4. The summed E-state index contributed by atoms with van der Waals surface area (Å²) >= 11 is 0. The van der Waals surface area contributed by atoms with Crippen molar-refractivity contribution in [2.24, 2.45) is 0 Å². The molecule has 0 aliphatic carbocycles. The van der Waals surface area contributed by atoms with Gasteiger partial charge in [0.15, 0.2) is 0 Å². The fourth-order valence-corrected chi connectivity index (χ4v) is 2.08. The van der Waals surface area contributed by atoms with Crippen LogP contribution in [0.25, 0.3) is 0 Å². The Hall–Kier alpha value is -2.61. The number of carbonyl (C=O) groups excluding carboxylic acids is 3. The lowest BCUT2D eigenvalue weighted by Gasteiger charge is -2.23. The second-order valence-electron chi connectivity index (χ2n) is 6.94. The van der Waals surface area contributed by atoms with E-state index in [9.17, 15) is 14.4 Å². The van der Waals surface area contributed by atoms with E-state index in [1.807, 2.05) is 30.3 Å². The quantitative estimate of drug-likeness (QED) is 0.589. The predicted octanol–water partition coefficient (Wildman–Crippen LogP) is 1.98. The highest BCUT2D eigenvalue weighted by Gasteiger charge is 2.22. The number of amides is 2. The maximum absolute atomic E-state index is 12.0. The molecule has 2 N–H and O–H groups in total. The van der Waals surface area contributed by atoms with Gasteiger partial charge in [-0.1, -0.05) is 30.3 Å². The van der Waals surface area contributed by atoms with Gasteiger partial charge in [0.05, 0.1) is 32.3 Å². The minimum absolute atomic E-state index is 0.0565. The Morgan fingerprint density at radius 2 is 1.82 bits per heavy atom. The van der Waals surface area contributed by atoms with Gasteiger partial charge in [0.2, 0.25) is 5.91 Å². The van der Waals surface area contributed by atoms with Crippen LogP contribution in [0.3, 0.4) is 0 Å². The molecule has 0 bridgehead atoms. The number of rotatable bonds is 10. The number of ether oxygens (including phenoxy) is 3. The summed E-state index contributed by atoms with van der Waals surface area (Å²) in [5, 5.41) is 5.00. The van der Waals surface area contributed by atoms with Crippen molar-refractivity contribution in [1.29, 1.82) is 0 Å². The number of benzene rings is 1. The molecule has 1 aromatic carbocycles. The van der Waals surface area contributed by atoms with Crippen LogP contribution in [0.15, 0.2) is 30.3 Å². The summed E-state index contributed by atoms with van der Waals surface area (Å²) in [6, 6.07) is 8.77. The molecule has 0 fully saturated rings. The van der Waals surface area contributed by atoms with Crippen molar-refractivity contribution >= 4 is 18.0 Å². The third kappa shape index (κ3) is 11.2. The number of hydrogen-bond acceptors (Lipinski definition) is 6. The van der Waals surface area contributed by atoms with Gasteiger partial charge in [-0.25, -0.2) is 4.79 Å². The summed E-state index contributed by atoms with van der Waals surface area (Å²) in [7, 11) is 0. The maximum Gasteiger partial charge on any atom is 0.407 e. The van der Waals surface area contributed by atoms with Crippen molar-refractivity contribution in [2.75, 3.05) is 19.8 Å². The molecule has 28 heavy (non-hydrogen) atoms. The fourth-order valence-electron chi connectivity index (χ4n) is 2.08. The minimum Gasteiger partial charge on any atom is -0.465 e. The Morgan fingerprint density at radius 1 is 1.14 bits per heavy atom. The second kappa shape index (κ2) is 12.0. The van der Waals surface area contributed by atoms with Gasteiger partial charge in [0.25, 0.3) is 0 Å². The highest BCUT2D eigenvalue weighted by atomic mass is 16.6. The zero-order chi connectivity index (χ0) is 21.0. The Labute approximate surface area is 165 Å². The number of hydrogen-bond donors (Lipinski definition) is 2. The summed E-state index contributed by atoms with van der Waals surface area (Å²) in [5.41, 5.74) is 0.288. The molecule has 1 unspecified atom stereocenters. The number of alkyl carbamates (subject to hydrolysis) is 1. The van der Waals surface area contributed by atoms with Crippen LogP contribution in [0.2, 0.25) is 0 Å². The van der Waals surface area contributed by atoms with Crippen molar-refractivity contribution < 1.29 is 28.6 Å². The molecule has 0 spiro atoms. The first-order valence-corrected chi connectivity index (χ1v) is 9.09. The van der Waals surface area contributed by atoms with Crippen LogP contribution in [0, 0.1) is 6.42 Å². The van der Waals surface area contributed by atoms with E-state index in [-0.39, 0.29) is 19.8 Å². The third-order valence-electron chi connectivity index (χ3n) is 3.18. The highest BCUT2D eigenvalue weighted by molar-refractivity contribution is 5.89. The van der Waals surface area contributed by atoms with Crippen molar-refractivity contribution in [3.8, 4) is 0 Å². The Kier molecular flexibility index (Phi) is 10.0. The molecule has 155 valence electrons. The van der Waals surface area contributed by atoms with Gasteiger partial charge in [0, 0.05) is 0 Å². The van der Waals surface area contributed by atoms with Gasteiger partial charge in [-0.15, -0.1) is 0 Å². The van der Waals surface area contributed by atoms with E-state index in [0.29, 0.717) is 6.61 Å². The van der Waals surface area contributed by atoms with E-state index in [0.717, 1.165) is 5.56 Å². The lowest BCUT2D eigenvalue weighted by Crippen LogP contribution is -2.45. The van der Waals surface area contributed by atoms with Crippen LogP contribution in [-0.2, 0) is 30.4 Å². The lowest BCUT2D eigenvalue weighted by atomic mass is 10.2. The molecule has 1 aromatic rings. The zero-order valence-electron chi connectivity index (χ0n) is 16.8. The normalized spacial score (nSPS) is 12.0. The number of nitrogens with one attached hydrogen (secondary N) is 2. The average molecular weight is 393 g/mol. The van der Waals surface area contributed by atoms with E-state index >= 15 is 0 Å². The maximum atomic E-state index is 12.0. The van der Waals surface area contributed by atoms with Crippen LogP contribution >= 0.6 is 0 Å². The van der Waals surface area contributed by atoms with Crippen molar-refractivity contribution in [3.63, 3.8) is 0 Å². The first-order chi connectivity index (χ1) is 13.2. The first-order valence-electron chi connectivity index (χ1n) is 9.09. The van der Waals surface area contributed by atoms with Crippen LogP contribution in [0.5, 0.6) is 0 Å². The topological polar surface area (TPSA) is 103 Å². The molecule has 0 aliphatic heterocycles. The Morgan fingerprint density at radius 3 is 2.43 bits per heavy atom. The van der Waals surface area contributed by atoms with E-state index in [4.69, 9.17) is 14.2 Å². The summed E-state index contributed by atoms with van der Waals surface area (Å²) in [6.45, 7) is 7.25. The summed E-state index contributed by atoms with van der Waals surface area (Å²) < 4.78 is 15.6. The SMILES string of the molecule is CCOC(=O)CNC(=O)[CH]C(COCc1ccccc1)NC(=O)OC(C)(C)C.